The fraction of sp³-hybridized carbons (Fsp3) is 0.200. The molecule has 122 valence electrons. The van der Waals surface area contributed by atoms with Crippen LogP contribution in [0.5, 0.6) is 11.5 Å². The lowest BCUT2D eigenvalue weighted by atomic mass is 10.1. The number of aryl methyl sites for hydroxylation is 2. The van der Waals surface area contributed by atoms with E-state index in [2.05, 4.69) is 0 Å². The van der Waals surface area contributed by atoms with Gasteiger partial charge in [-0.3, -0.25) is 9.59 Å². The molecule has 0 N–H and O–H groups in total. The summed E-state index contributed by atoms with van der Waals surface area (Å²) in [5.41, 5.74) is 2.91. The van der Waals surface area contributed by atoms with Gasteiger partial charge in [-0.15, -0.1) is 0 Å². The van der Waals surface area contributed by atoms with Crippen molar-refractivity contribution in [2.75, 3.05) is 0 Å². The van der Waals surface area contributed by atoms with Crippen molar-refractivity contribution in [1.82, 2.24) is 0 Å². The van der Waals surface area contributed by atoms with Gasteiger partial charge in [0.15, 0.2) is 0 Å². The molecule has 3 rings (SSSR count). The first kappa shape index (κ1) is 16.0. The van der Waals surface area contributed by atoms with Crippen LogP contribution in [0.2, 0.25) is 0 Å². The summed E-state index contributed by atoms with van der Waals surface area (Å²) in [5, 5.41) is 0. The number of rotatable bonds is 6. The fourth-order valence-corrected chi connectivity index (χ4v) is 2.29. The Morgan fingerprint density at radius 2 is 0.958 bits per heavy atom. The van der Waals surface area contributed by atoms with Crippen molar-refractivity contribution in [3.05, 3.63) is 91.2 Å². The molecule has 0 aromatic heterocycles. The van der Waals surface area contributed by atoms with E-state index >= 15 is 0 Å². The second kappa shape index (κ2) is 6.71. The van der Waals surface area contributed by atoms with Crippen molar-refractivity contribution in [2.45, 2.75) is 27.1 Å². The van der Waals surface area contributed by atoms with E-state index in [1.807, 2.05) is 62.4 Å². The Hall–Kier alpha value is -2.88. The van der Waals surface area contributed by atoms with Crippen LogP contribution in [0.1, 0.15) is 22.3 Å². The molecule has 0 aliphatic rings. The lowest BCUT2D eigenvalue weighted by molar-refractivity contribution is 0.244. The monoisotopic (exact) mass is 322 g/mol. The van der Waals surface area contributed by atoms with Crippen LogP contribution in [-0.4, -0.2) is 0 Å². The van der Waals surface area contributed by atoms with Gasteiger partial charge in [-0.25, -0.2) is 0 Å². The first-order valence-electron chi connectivity index (χ1n) is 7.74. The summed E-state index contributed by atoms with van der Waals surface area (Å²) in [6, 6.07) is 15.6. The van der Waals surface area contributed by atoms with Crippen LogP contribution < -0.4 is 20.3 Å². The van der Waals surface area contributed by atoms with Crippen LogP contribution in [0.4, 0.5) is 0 Å². The van der Waals surface area contributed by atoms with Gasteiger partial charge in [-0.1, -0.05) is 59.7 Å². The Labute approximate surface area is 140 Å². The van der Waals surface area contributed by atoms with Gasteiger partial charge in [-0.05, 0) is 25.0 Å². The summed E-state index contributed by atoms with van der Waals surface area (Å²) in [4.78, 5) is 23.4. The summed E-state index contributed by atoms with van der Waals surface area (Å²) in [6.07, 6.45) is 0. The number of hydrogen-bond donors (Lipinski definition) is 0. The number of ether oxygens (including phenoxy) is 2. The van der Waals surface area contributed by atoms with E-state index in [0.29, 0.717) is 0 Å². The molecule has 0 spiro atoms. The molecule has 0 aliphatic heterocycles. The van der Waals surface area contributed by atoms with Gasteiger partial charge < -0.3 is 9.47 Å². The van der Waals surface area contributed by atoms with E-state index in [-0.39, 0.29) is 24.7 Å². The summed E-state index contributed by atoms with van der Waals surface area (Å²) >= 11 is 0. The Morgan fingerprint density at radius 1 is 0.625 bits per heavy atom. The molecule has 0 saturated heterocycles. The van der Waals surface area contributed by atoms with Gasteiger partial charge in [0, 0.05) is 0 Å². The Morgan fingerprint density at radius 3 is 1.29 bits per heavy atom. The highest BCUT2D eigenvalue weighted by molar-refractivity contribution is 5.46. The van der Waals surface area contributed by atoms with Gasteiger partial charge >= 0.3 is 0 Å². The maximum Gasteiger partial charge on any atom is 0.275 e. The normalized spacial score (nSPS) is 10.8. The Balaban J connectivity index is 1.65. The van der Waals surface area contributed by atoms with Gasteiger partial charge in [0.1, 0.15) is 13.2 Å². The molecular formula is C20H18O4. The van der Waals surface area contributed by atoms with Crippen molar-refractivity contribution >= 4 is 0 Å². The molecule has 0 fully saturated rings. The van der Waals surface area contributed by atoms with Crippen LogP contribution in [-0.2, 0) is 13.2 Å². The fourth-order valence-electron chi connectivity index (χ4n) is 2.29. The first-order chi connectivity index (χ1) is 11.5. The van der Waals surface area contributed by atoms with E-state index in [0.717, 1.165) is 22.3 Å². The SMILES string of the molecule is Cc1ccc(COc2c(OCc3ccc(C)cc3)c(=O)c2=O)cc1. The zero-order chi connectivity index (χ0) is 17.1. The zero-order valence-electron chi connectivity index (χ0n) is 13.7. The lowest BCUT2D eigenvalue weighted by Crippen LogP contribution is -2.34. The molecule has 0 unspecified atom stereocenters. The molecule has 0 amide bonds. The van der Waals surface area contributed by atoms with E-state index in [4.69, 9.17) is 9.47 Å². The molecule has 24 heavy (non-hydrogen) atoms. The van der Waals surface area contributed by atoms with E-state index in [9.17, 15) is 9.59 Å². The largest absolute Gasteiger partial charge is 0.481 e. The third-order valence-corrected chi connectivity index (χ3v) is 3.83. The average molecular weight is 322 g/mol. The number of hydrogen-bond acceptors (Lipinski definition) is 4. The highest BCUT2D eigenvalue weighted by Crippen LogP contribution is 2.23. The minimum absolute atomic E-state index is 0.0210. The predicted molar refractivity (Wildman–Crippen MR) is 92.4 cm³/mol. The van der Waals surface area contributed by atoms with Crippen LogP contribution >= 0.6 is 0 Å². The maximum atomic E-state index is 11.7. The van der Waals surface area contributed by atoms with Crippen LogP contribution in [0.3, 0.4) is 0 Å². The highest BCUT2D eigenvalue weighted by atomic mass is 16.5. The molecule has 0 radical (unpaired) electrons. The molecule has 3 aromatic carbocycles. The molecule has 0 heterocycles. The molecule has 4 heteroatoms. The zero-order valence-corrected chi connectivity index (χ0v) is 13.7. The van der Waals surface area contributed by atoms with E-state index in [1.54, 1.807) is 0 Å². The van der Waals surface area contributed by atoms with Gasteiger partial charge in [-0.2, -0.15) is 0 Å². The summed E-state index contributed by atoms with van der Waals surface area (Å²) in [7, 11) is 0. The molecule has 3 aromatic rings. The van der Waals surface area contributed by atoms with Gasteiger partial charge in [0.25, 0.3) is 10.9 Å². The second-order valence-corrected chi connectivity index (χ2v) is 5.87. The minimum Gasteiger partial charge on any atom is -0.481 e. The third kappa shape index (κ3) is 3.38. The molecule has 0 aliphatic carbocycles. The topological polar surface area (TPSA) is 52.6 Å². The van der Waals surface area contributed by atoms with Crippen molar-refractivity contribution in [2.24, 2.45) is 0 Å². The lowest BCUT2D eigenvalue weighted by Gasteiger charge is -2.13. The smallest absolute Gasteiger partial charge is 0.275 e. The van der Waals surface area contributed by atoms with Crippen LogP contribution in [0, 0.1) is 13.8 Å². The van der Waals surface area contributed by atoms with Crippen LogP contribution in [0.15, 0.2) is 58.1 Å². The van der Waals surface area contributed by atoms with Crippen LogP contribution in [0.25, 0.3) is 0 Å². The minimum atomic E-state index is -0.624. The van der Waals surface area contributed by atoms with Crippen molar-refractivity contribution < 1.29 is 9.47 Å². The second-order valence-electron chi connectivity index (χ2n) is 5.87. The van der Waals surface area contributed by atoms with Crippen molar-refractivity contribution in [3.63, 3.8) is 0 Å². The third-order valence-electron chi connectivity index (χ3n) is 3.83. The molecule has 0 saturated carbocycles. The summed E-state index contributed by atoms with van der Waals surface area (Å²) in [6.45, 7) is 4.45. The maximum absolute atomic E-state index is 11.7. The predicted octanol–water partition coefficient (Wildman–Crippen LogP) is 3.06. The molecule has 0 atom stereocenters. The Bertz CT molecular complexity index is 821. The summed E-state index contributed by atoms with van der Waals surface area (Å²) < 4.78 is 11.0. The van der Waals surface area contributed by atoms with E-state index in [1.165, 1.54) is 0 Å². The standard InChI is InChI=1S/C20H18O4/c1-13-3-7-15(8-4-13)11-23-19-17(21)18(22)20(19)24-12-16-9-5-14(2)6-10-16/h3-10H,11-12H2,1-2H3. The van der Waals surface area contributed by atoms with Crippen molar-refractivity contribution in [3.8, 4) is 11.5 Å². The molecular weight excluding hydrogens is 304 g/mol. The molecule has 4 nitrogen and oxygen atoms in total. The van der Waals surface area contributed by atoms with E-state index < -0.39 is 10.9 Å². The quantitative estimate of drug-likeness (QED) is 0.655. The average Bonchev–Trinajstić information content (AvgIpc) is 2.60. The molecule has 0 bridgehead atoms. The van der Waals surface area contributed by atoms with Gasteiger partial charge in [0.05, 0.1) is 0 Å². The Kier molecular flexibility index (Phi) is 4.47. The van der Waals surface area contributed by atoms with Crippen molar-refractivity contribution in [1.29, 1.82) is 0 Å². The summed E-state index contributed by atoms with van der Waals surface area (Å²) in [5.74, 6) is 0.0420. The number of benzene rings is 2. The first-order valence-corrected chi connectivity index (χ1v) is 7.74. The van der Waals surface area contributed by atoms with Gasteiger partial charge in [0.2, 0.25) is 11.5 Å². The highest BCUT2D eigenvalue weighted by Gasteiger charge is 2.24.